The standard InChI is InChI=1S/C13H14F3N3/c14-13(15,16)6-7-19-9-18-8-11(19)12(17)10-4-2-1-3-5-10/h1-5,8-9,12H,6-7,17H2. The van der Waals surface area contributed by atoms with E-state index in [1.54, 1.807) is 0 Å². The van der Waals surface area contributed by atoms with Crippen molar-refractivity contribution in [2.45, 2.75) is 25.2 Å². The van der Waals surface area contributed by atoms with Crippen LogP contribution in [-0.2, 0) is 6.54 Å². The topological polar surface area (TPSA) is 43.8 Å². The number of hydrogen-bond acceptors (Lipinski definition) is 2. The Kier molecular flexibility index (Phi) is 3.90. The van der Waals surface area contributed by atoms with Crippen LogP contribution in [0.5, 0.6) is 0 Å². The minimum Gasteiger partial charge on any atom is -0.333 e. The number of alkyl halides is 3. The van der Waals surface area contributed by atoms with E-state index in [1.807, 2.05) is 30.3 Å². The Bertz CT molecular complexity index is 519. The zero-order chi connectivity index (χ0) is 13.9. The van der Waals surface area contributed by atoms with E-state index in [1.165, 1.54) is 17.1 Å². The Labute approximate surface area is 108 Å². The van der Waals surface area contributed by atoms with Crippen molar-refractivity contribution in [2.75, 3.05) is 0 Å². The molecule has 2 rings (SSSR count). The van der Waals surface area contributed by atoms with E-state index in [0.29, 0.717) is 5.69 Å². The maximum absolute atomic E-state index is 12.2. The highest BCUT2D eigenvalue weighted by Crippen LogP contribution is 2.23. The number of imidazole rings is 1. The molecule has 3 nitrogen and oxygen atoms in total. The van der Waals surface area contributed by atoms with Gasteiger partial charge in [0.15, 0.2) is 0 Å². The number of rotatable bonds is 4. The first-order valence-electron chi connectivity index (χ1n) is 5.84. The molecule has 0 bridgehead atoms. The Hall–Kier alpha value is -1.82. The second-order valence-corrected chi connectivity index (χ2v) is 4.27. The lowest BCUT2D eigenvalue weighted by Gasteiger charge is -2.15. The monoisotopic (exact) mass is 269 g/mol. The number of benzene rings is 1. The molecular formula is C13H14F3N3. The van der Waals surface area contributed by atoms with E-state index in [-0.39, 0.29) is 6.54 Å². The molecule has 0 saturated heterocycles. The molecule has 6 heteroatoms. The van der Waals surface area contributed by atoms with Gasteiger partial charge in [-0.25, -0.2) is 4.98 Å². The third kappa shape index (κ3) is 3.57. The lowest BCUT2D eigenvalue weighted by atomic mass is 10.1. The summed E-state index contributed by atoms with van der Waals surface area (Å²) in [4.78, 5) is 3.88. The maximum Gasteiger partial charge on any atom is 0.390 e. The fourth-order valence-electron chi connectivity index (χ4n) is 1.86. The van der Waals surface area contributed by atoms with Crippen LogP contribution in [0.25, 0.3) is 0 Å². The van der Waals surface area contributed by atoms with Crippen LogP contribution in [0.2, 0.25) is 0 Å². The molecule has 0 saturated carbocycles. The van der Waals surface area contributed by atoms with Crippen LogP contribution < -0.4 is 5.73 Å². The average molecular weight is 269 g/mol. The summed E-state index contributed by atoms with van der Waals surface area (Å²) < 4.78 is 38.2. The first kappa shape index (κ1) is 13.6. The molecule has 0 amide bonds. The van der Waals surface area contributed by atoms with E-state index < -0.39 is 18.6 Å². The van der Waals surface area contributed by atoms with Gasteiger partial charge in [0.2, 0.25) is 0 Å². The maximum atomic E-state index is 12.2. The van der Waals surface area contributed by atoms with Gasteiger partial charge in [-0.05, 0) is 5.56 Å². The molecule has 0 radical (unpaired) electrons. The van der Waals surface area contributed by atoms with E-state index in [4.69, 9.17) is 5.73 Å². The number of aryl methyl sites for hydroxylation is 1. The van der Waals surface area contributed by atoms with Crippen molar-refractivity contribution < 1.29 is 13.2 Å². The molecule has 0 spiro atoms. The van der Waals surface area contributed by atoms with Crippen molar-refractivity contribution >= 4 is 0 Å². The number of aromatic nitrogens is 2. The molecule has 2 aromatic rings. The van der Waals surface area contributed by atoms with Crippen molar-refractivity contribution in [1.29, 1.82) is 0 Å². The summed E-state index contributed by atoms with van der Waals surface area (Å²) in [6.07, 6.45) is -2.19. The lowest BCUT2D eigenvalue weighted by molar-refractivity contribution is -0.136. The van der Waals surface area contributed by atoms with Gasteiger partial charge in [-0.15, -0.1) is 0 Å². The molecule has 0 aliphatic heterocycles. The van der Waals surface area contributed by atoms with Gasteiger partial charge in [0.25, 0.3) is 0 Å². The Morgan fingerprint density at radius 2 is 1.89 bits per heavy atom. The van der Waals surface area contributed by atoms with Gasteiger partial charge >= 0.3 is 6.18 Å². The highest BCUT2D eigenvalue weighted by atomic mass is 19.4. The fourth-order valence-corrected chi connectivity index (χ4v) is 1.86. The first-order valence-corrected chi connectivity index (χ1v) is 5.84. The normalized spacial score (nSPS) is 13.5. The van der Waals surface area contributed by atoms with E-state index in [2.05, 4.69) is 4.98 Å². The minimum absolute atomic E-state index is 0.167. The molecule has 1 heterocycles. The fraction of sp³-hybridized carbons (Fsp3) is 0.308. The zero-order valence-electron chi connectivity index (χ0n) is 10.1. The smallest absolute Gasteiger partial charge is 0.333 e. The molecule has 1 aromatic heterocycles. The van der Waals surface area contributed by atoms with Gasteiger partial charge in [-0.3, -0.25) is 0 Å². The zero-order valence-corrected chi connectivity index (χ0v) is 10.1. The number of hydrogen-bond donors (Lipinski definition) is 1. The molecule has 1 aromatic carbocycles. The van der Waals surface area contributed by atoms with Crippen LogP contribution >= 0.6 is 0 Å². The molecule has 19 heavy (non-hydrogen) atoms. The quantitative estimate of drug-likeness (QED) is 0.927. The molecule has 2 N–H and O–H groups in total. The Morgan fingerprint density at radius 3 is 2.53 bits per heavy atom. The van der Waals surface area contributed by atoms with E-state index in [9.17, 15) is 13.2 Å². The molecular weight excluding hydrogens is 255 g/mol. The van der Waals surface area contributed by atoms with Gasteiger partial charge in [0, 0.05) is 6.54 Å². The van der Waals surface area contributed by atoms with Crippen LogP contribution in [-0.4, -0.2) is 15.7 Å². The molecule has 0 aliphatic rings. The predicted molar refractivity (Wildman–Crippen MR) is 65.4 cm³/mol. The van der Waals surface area contributed by atoms with Crippen molar-refractivity contribution in [3.05, 3.63) is 54.1 Å². The summed E-state index contributed by atoms with van der Waals surface area (Å²) in [5.74, 6) is 0. The number of halogens is 3. The summed E-state index contributed by atoms with van der Waals surface area (Å²) in [7, 11) is 0. The van der Waals surface area contributed by atoms with Crippen molar-refractivity contribution in [3.8, 4) is 0 Å². The van der Waals surface area contributed by atoms with E-state index >= 15 is 0 Å². The molecule has 0 fully saturated rings. The second-order valence-electron chi connectivity index (χ2n) is 4.27. The van der Waals surface area contributed by atoms with Gasteiger partial charge in [0.1, 0.15) is 0 Å². The van der Waals surface area contributed by atoms with Gasteiger partial charge in [-0.1, -0.05) is 30.3 Å². The number of nitrogens with zero attached hydrogens (tertiary/aromatic N) is 2. The molecule has 0 aliphatic carbocycles. The van der Waals surface area contributed by atoms with Crippen molar-refractivity contribution in [2.24, 2.45) is 5.73 Å². The lowest BCUT2D eigenvalue weighted by Crippen LogP contribution is -2.19. The number of nitrogens with two attached hydrogens (primary N) is 1. The molecule has 102 valence electrons. The SMILES string of the molecule is NC(c1ccccc1)c1cncn1CCC(F)(F)F. The summed E-state index contributed by atoms with van der Waals surface area (Å²) >= 11 is 0. The third-order valence-electron chi connectivity index (χ3n) is 2.86. The summed E-state index contributed by atoms with van der Waals surface area (Å²) in [5.41, 5.74) is 7.48. The summed E-state index contributed by atoms with van der Waals surface area (Å²) in [6, 6.07) is 8.74. The summed E-state index contributed by atoms with van der Waals surface area (Å²) in [5, 5.41) is 0. The average Bonchev–Trinajstić information content (AvgIpc) is 2.84. The molecule has 1 atom stereocenters. The van der Waals surface area contributed by atoms with Gasteiger partial charge in [0.05, 0.1) is 30.7 Å². The Balaban J connectivity index is 2.15. The first-order chi connectivity index (χ1) is 8.97. The summed E-state index contributed by atoms with van der Waals surface area (Å²) in [6.45, 7) is -0.167. The van der Waals surface area contributed by atoms with Crippen LogP contribution in [0.15, 0.2) is 42.9 Å². The second kappa shape index (κ2) is 5.44. The highest BCUT2D eigenvalue weighted by molar-refractivity contribution is 5.26. The van der Waals surface area contributed by atoms with Gasteiger partial charge in [-0.2, -0.15) is 13.2 Å². The van der Waals surface area contributed by atoms with Crippen LogP contribution in [0.1, 0.15) is 23.7 Å². The Morgan fingerprint density at radius 1 is 1.21 bits per heavy atom. The van der Waals surface area contributed by atoms with Crippen molar-refractivity contribution in [1.82, 2.24) is 9.55 Å². The minimum atomic E-state index is -4.18. The van der Waals surface area contributed by atoms with Crippen LogP contribution in [0.3, 0.4) is 0 Å². The highest BCUT2D eigenvalue weighted by Gasteiger charge is 2.27. The van der Waals surface area contributed by atoms with Crippen molar-refractivity contribution in [3.63, 3.8) is 0 Å². The molecule has 1 unspecified atom stereocenters. The third-order valence-corrected chi connectivity index (χ3v) is 2.86. The van der Waals surface area contributed by atoms with E-state index in [0.717, 1.165) is 5.56 Å². The largest absolute Gasteiger partial charge is 0.390 e. The predicted octanol–water partition coefficient (Wildman–Crippen LogP) is 2.88. The van der Waals surface area contributed by atoms with Crippen LogP contribution in [0.4, 0.5) is 13.2 Å². The van der Waals surface area contributed by atoms with Crippen LogP contribution in [0, 0.1) is 0 Å². The van der Waals surface area contributed by atoms with Gasteiger partial charge < -0.3 is 10.3 Å².